The Balaban J connectivity index is 2.49. The highest BCUT2D eigenvalue weighted by atomic mass is 16.3. The van der Waals surface area contributed by atoms with Crippen molar-refractivity contribution in [1.29, 1.82) is 0 Å². The molecule has 0 fully saturated rings. The summed E-state index contributed by atoms with van der Waals surface area (Å²) in [6.07, 6.45) is 7.60. The quantitative estimate of drug-likeness (QED) is 0.658. The molecular formula is C15H26O3. The summed E-state index contributed by atoms with van der Waals surface area (Å²) in [4.78, 5) is 0. The molecule has 0 saturated carbocycles. The van der Waals surface area contributed by atoms with Gasteiger partial charge in [0.25, 0.3) is 0 Å². The van der Waals surface area contributed by atoms with E-state index in [9.17, 15) is 10.2 Å². The number of hydrogen-bond acceptors (Lipinski definition) is 3. The molecule has 0 aromatic heterocycles. The molecule has 3 N–H and O–H groups in total. The Morgan fingerprint density at radius 3 is 2.72 bits per heavy atom. The highest BCUT2D eigenvalue weighted by Crippen LogP contribution is 2.32. The van der Waals surface area contributed by atoms with Crippen molar-refractivity contribution in [2.45, 2.75) is 51.7 Å². The Labute approximate surface area is 110 Å². The monoisotopic (exact) mass is 254 g/mol. The molecule has 1 aliphatic rings. The van der Waals surface area contributed by atoms with Gasteiger partial charge in [0.2, 0.25) is 0 Å². The van der Waals surface area contributed by atoms with Gasteiger partial charge in [0, 0.05) is 0 Å². The molecule has 0 saturated heterocycles. The lowest BCUT2D eigenvalue weighted by Crippen LogP contribution is -2.28. The number of allylic oxidation sites excluding steroid dienone is 1. The van der Waals surface area contributed by atoms with Crippen LogP contribution in [0, 0.1) is 11.8 Å². The molecule has 3 nitrogen and oxygen atoms in total. The van der Waals surface area contributed by atoms with Gasteiger partial charge in [-0.1, -0.05) is 25.2 Å². The summed E-state index contributed by atoms with van der Waals surface area (Å²) < 4.78 is 0. The van der Waals surface area contributed by atoms with Crippen molar-refractivity contribution in [1.82, 2.24) is 0 Å². The number of aliphatic hydroxyl groups excluding tert-OH is 2. The highest BCUT2D eigenvalue weighted by molar-refractivity contribution is 5.07. The van der Waals surface area contributed by atoms with E-state index < -0.39 is 11.7 Å². The van der Waals surface area contributed by atoms with Crippen LogP contribution in [0.1, 0.15) is 40.0 Å². The second-order valence-electron chi connectivity index (χ2n) is 5.87. The zero-order valence-corrected chi connectivity index (χ0v) is 11.6. The SMILES string of the molecule is C/C(=C/C(O)C[C@@H](C)[C@H]1C=C[C@](C)(O)CC1)CO. The Morgan fingerprint density at radius 2 is 2.22 bits per heavy atom. The topological polar surface area (TPSA) is 60.7 Å². The maximum absolute atomic E-state index is 9.89. The van der Waals surface area contributed by atoms with Crippen LogP contribution in [0.3, 0.4) is 0 Å². The van der Waals surface area contributed by atoms with E-state index in [-0.39, 0.29) is 6.61 Å². The van der Waals surface area contributed by atoms with Gasteiger partial charge in [-0.05, 0) is 50.5 Å². The molecule has 0 aromatic rings. The molecule has 0 aromatic carbocycles. The molecule has 18 heavy (non-hydrogen) atoms. The largest absolute Gasteiger partial charge is 0.392 e. The van der Waals surface area contributed by atoms with Crippen LogP contribution in [0.4, 0.5) is 0 Å². The van der Waals surface area contributed by atoms with Gasteiger partial charge in [-0.3, -0.25) is 0 Å². The first kappa shape index (κ1) is 15.4. The predicted octanol–water partition coefficient (Wildman–Crippen LogP) is 2.03. The molecule has 0 aliphatic heterocycles. The first-order chi connectivity index (χ1) is 8.34. The maximum Gasteiger partial charge on any atom is 0.0800 e. The number of hydrogen-bond donors (Lipinski definition) is 3. The van der Waals surface area contributed by atoms with Gasteiger partial charge in [0.15, 0.2) is 0 Å². The van der Waals surface area contributed by atoms with E-state index in [4.69, 9.17) is 5.11 Å². The first-order valence-corrected chi connectivity index (χ1v) is 6.72. The van der Waals surface area contributed by atoms with Crippen molar-refractivity contribution in [2.75, 3.05) is 6.61 Å². The van der Waals surface area contributed by atoms with E-state index >= 15 is 0 Å². The van der Waals surface area contributed by atoms with Crippen molar-refractivity contribution in [3.63, 3.8) is 0 Å². The molecule has 0 spiro atoms. The van der Waals surface area contributed by atoms with Crippen LogP contribution in [0.25, 0.3) is 0 Å². The minimum Gasteiger partial charge on any atom is -0.392 e. The Hall–Kier alpha value is -0.640. The lowest BCUT2D eigenvalue weighted by atomic mass is 9.78. The fraction of sp³-hybridized carbons (Fsp3) is 0.733. The molecule has 0 radical (unpaired) electrons. The molecule has 0 bridgehead atoms. The average Bonchev–Trinajstić information content (AvgIpc) is 2.28. The van der Waals surface area contributed by atoms with Crippen LogP contribution in [0.2, 0.25) is 0 Å². The van der Waals surface area contributed by atoms with Gasteiger partial charge in [0.1, 0.15) is 0 Å². The van der Waals surface area contributed by atoms with Crippen LogP contribution in [-0.2, 0) is 0 Å². The zero-order valence-electron chi connectivity index (χ0n) is 11.6. The third-order valence-electron chi connectivity index (χ3n) is 3.76. The van der Waals surface area contributed by atoms with E-state index in [0.29, 0.717) is 18.3 Å². The number of rotatable bonds is 5. The van der Waals surface area contributed by atoms with E-state index in [1.807, 2.05) is 19.9 Å². The van der Waals surface area contributed by atoms with Gasteiger partial charge in [0.05, 0.1) is 18.3 Å². The van der Waals surface area contributed by atoms with E-state index in [2.05, 4.69) is 13.0 Å². The summed E-state index contributed by atoms with van der Waals surface area (Å²) in [6.45, 7) is 5.76. The van der Waals surface area contributed by atoms with Crippen LogP contribution < -0.4 is 0 Å². The van der Waals surface area contributed by atoms with Crippen molar-refractivity contribution in [2.24, 2.45) is 11.8 Å². The smallest absolute Gasteiger partial charge is 0.0800 e. The molecule has 1 unspecified atom stereocenters. The van der Waals surface area contributed by atoms with Gasteiger partial charge in [-0.2, -0.15) is 0 Å². The van der Waals surface area contributed by atoms with Crippen LogP contribution in [0.15, 0.2) is 23.8 Å². The van der Waals surface area contributed by atoms with Crippen LogP contribution in [-0.4, -0.2) is 33.6 Å². The normalized spacial score (nSPS) is 32.3. The highest BCUT2D eigenvalue weighted by Gasteiger charge is 2.26. The maximum atomic E-state index is 9.89. The second-order valence-corrected chi connectivity index (χ2v) is 5.87. The Bertz CT molecular complexity index is 318. The first-order valence-electron chi connectivity index (χ1n) is 6.72. The van der Waals surface area contributed by atoms with Gasteiger partial charge >= 0.3 is 0 Å². The van der Waals surface area contributed by atoms with Crippen molar-refractivity contribution >= 4 is 0 Å². The van der Waals surface area contributed by atoms with Crippen molar-refractivity contribution in [3.8, 4) is 0 Å². The third kappa shape index (κ3) is 4.92. The summed E-state index contributed by atoms with van der Waals surface area (Å²) in [5.41, 5.74) is 0.138. The average molecular weight is 254 g/mol. The summed E-state index contributed by atoms with van der Waals surface area (Å²) in [7, 11) is 0. The minimum atomic E-state index is -0.664. The fourth-order valence-corrected chi connectivity index (χ4v) is 2.45. The summed E-state index contributed by atoms with van der Waals surface area (Å²) in [5, 5.41) is 28.6. The fourth-order valence-electron chi connectivity index (χ4n) is 2.45. The van der Waals surface area contributed by atoms with Gasteiger partial charge < -0.3 is 15.3 Å². The predicted molar refractivity (Wildman–Crippen MR) is 73.1 cm³/mol. The van der Waals surface area contributed by atoms with E-state index in [1.165, 1.54) is 0 Å². The van der Waals surface area contributed by atoms with Crippen LogP contribution >= 0.6 is 0 Å². The van der Waals surface area contributed by atoms with Crippen LogP contribution in [0.5, 0.6) is 0 Å². The molecule has 104 valence electrons. The summed E-state index contributed by atoms with van der Waals surface area (Å²) in [6, 6.07) is 0. The minimum absolute atomic E-state index is 0.00234. The zero-order chi connectivity index (χ0) is 13.8. The Morgan fingerprint density at radius 1 is 1.56 bits per heavy atom. The Kier molecular flexibility index (Phi) is 5.57. The second kappa shape index (κ2) is 6.50. The van der Waals surface area contributed by atoms with Crippen molar-refractivity contribution < 1.29 is 15.3 Å². The van der Waals surface area contributed by atoms with Gasteiger partial charge in [-0.15, -0.1) is 0 Å². The molecule has 0 heterocycles. The van der Waals surface area contributed by atoms with E-state index in [0.717, 1.165) is 18.4 Å². The van der Waals surface area contributed by atoms with Gasteiger partial charge in [-0.25, -0.2) is 0 Å². The lowest BCUT2D eigenvalue weighted by molar-refractivity contribution is 0.0802. The van der Waals surface area contributed by atoms with E-state index in [1.54, 1.807) is 6.08 Å². The van der Waals surface area contributed by atoms with Crippen molar-refractivity contribution in [3.05, 3.63) is 23.8 Å². The molecule has 3 heteroatoms. The summed E-state index contributed by atoms with van der Waals surface area (Å²) in [5.74, 6) is 0.790. The molecule has 1 aliphatic carbocycles. The molecule has 0 amide bonds. The molecule has 4 atom stereocenters. The number of aliphatic hydroxyl groups is 3. The standard InChI is InChI=1S/C15H26O3/c1-11(10-16)8-14(17)9-12(2)13-4-6-15(3,18)7-5-13/h4,6,8,12-14,16-18H,5,7,9-10H2,1-3H3/b11-8-/t12-,13+,14?,15+/m1/s1. The molecule has 1 rings (SSSR count). The third-order valence-corrected chi connectivity index (χ3v) is 3.76. The summed E-state index contributed by atoms with van der Waals surface area (Å²) >= 11 is 0. The lowest BCUT2D eigenvalue weighted by Gasteiger charge is -2.31. The molecular weight excluding hydrogens is 228 g/mol.